The molecule has 1 aliphatic heterocycles. The quantitative estimate of drug-likeness (QED) is 0.892. The molecule has 0 bridgehead atoms. The summed E-state index contributed by atoms with van der Waals surface area (Å²) in [6, 6.07) is 7.18. The number of amides is 2. The number of aliphatic hydroxyl groups is 1. The van der Waals surface area contributed by atoms with Crippen LogP contribution in [0.1, 0.15) is 48.9 Å². The number of carbonyl (C=O) groups excluding carboxylic acids is 2. The molecular formula is C19H26N2O3. The predicted molar refractivity (Wildman–Crippen MR) is 92.7 cm³/mol. The van der Waals surface area contributed by atoms with E-state index in [9.17, 15) is 14.7 Å². The highest BCUT2D eigenvalue weighted by Crippen LogP contribution is 2.25. The van der Waals surface area contributed by atoms with E-state index in [1.165, 1.54) is 6.42 Å². The molecule has 0 aromatic heterocycles. The summed E-state index contributed by atoms with van der Waals surface area (Å²) in [6.07, 6.45) is 6.23. The summed E-state index contributed by atoms with van der Waals surface area (Å²) in [5, 5.41) is 12.2. The van der Waals surface area contributed by atoms with Crippen molar-refractivity contribution in [2.75, 3.05) is 25.0 Å². The smallest absolute Gasteiger partial charge is 0.253 e. The van der Waals surface area contributed by atoms with Crippen molar-refractivity contribution in [2.24, 2.45) is 11.8 Å². The van der Waals surface area contributed by atoms with Crippen LogP contribution in [0, 0.1) is 11.8 Å². The first-order valence-corrected chi connectivity index (χ1v) is 8.98. The normalized spacial score (nSPS) is 21.7. The average molecular weight is 330 g/mol. The van der Waals surface area contributed by atoms with Gasteiger partial charge in [0.15, 0.2) is 0 Å². The van der Waals surface area contributed by atoms with E-state index in [0.29, 0.717) is 24.3 Å². The summed E-state index contributed by atoms with van der Waals surface area (Å²) >= 11 is 0. The monoisotopic (exact) mass is 330 g/mol. The Bertz CT molecular complexity index is 596. The topological polar surface area (TPSA) is 69.6 Å². The van der Waals surface area contributed by atoms with Crippen molar-refractivity contribution in [3.05, 3.63) is 29.8 Å². The van der Waals surface area contributed by atoms with Crippen LogP contribution in [0.25, 0.3) is 0 Å². The Morgan fingerprint density at radius 3 is 2.67 bits per heavy atom. The molecule has 1 saturated heterocycles. The SMILES string of the molecule is O=C(Nc1cccc(C(=O)N2CCC(CO)C2)c1)C1CCCCC1. The standard InChI is InChI=1S/C19H26N2O3/c22-13-14-9-10-21(12-14)19(24)16-7-4-8-17(11-16)20-18(23)15-5-2-1-3-6-15/h4,7-8,11,14-15,22H,1-3,5-6,9-10,12-13H2,(H,20,23). The second-order valence-corrected chi connectivity index (χ2v) is 6.99. The van der Waals surface area contributed by atoms with Gasteiger partial charge >= 0.3 is 0 Å². The summed E-state index contributed by atoms with van der Waals surface area (Å²) in [5.74, 6) is 0.325. The summed E-state index contributed by atoms with van der Waals surface area (Å²) in [6.45, 7) is 1.41. The van der Waals surface area contributed by atoms with Gasteiger partial charge in [0.25, 0.3) is 5.91 Å². The highest BCUT2D eigenvalue weighted by molar-refractivity contribution is 5.97. The molecule has 1 saturated carbocycles. The first kappa shape index (κ1) is 17.0. The van der Waals surface area contributed by atoms with Crippen molar-refractivity contribution in [1.29, 1.82) is 0 Å². The maximum absolute atomic E-state index is 12.6. The van der Waals surface area contributed by atoms with Gasteiger partial charge in [-0.15, -0.1) is 0 Å². The van der Waals surface area contributed by atoms with Crippen LogP contribution in [0.3, 0.4) is 0 Å². The maximum atomic E-state index is 12.6. The Labute approximate surface area is 143 Å². The molecule has 0 spiro atoms. The van der Waals surface area contributed by atoms with E-state index in [2.05, 4.69) is 5.32 Å². The largest absolute Gasteiger partial charge is 0.396 e. The first-order valence-electron chi connectivity index (χ1n) is 8.98. The first-order chi connectivity index (χ1) is 11.7. The minimum Gasteiger partial charge on any atom is -0.396 e. The Morgan fingerprint density at radius 2 is 1.96 bits per heavy atom. The van der Waals surface area contributed by atoms with Crippen molar-refractivity contribution in [3.8, 4) is 0 Å². The molecule has 3 rings (SSSR count). The van der Waals surface area contributed by atoms with E-state index in [1.807, 2.05) is 12.1 Å². The van der Waals surface area contributed by atoms with Crippen molar-refractivity contribution in [1.82, 2.24) is 4.90 Å². The summed E-state index contributed by atoms with van der Waals surface area (Å²) in [5.41, 5.74) is 1.28. The van der Waals surface area contributed by atoms with Gasteiger partial charge in [-0.3, -0.25) is 9.59 Å². The fourth-order valence-corrected chi connectivity index (χ4v) is 3.69. The van der Waals surface area contributed by atoms with Crippen molar-refractivity contribution in [3.63, 3.8) is 0 Å². The van der Waals surface area contributed by atoms with Gasteiger partial charge in [0.2, 0.25) is 5.91 Å². The van der Waals surface area contributed by atoms with Gasteiger partial charge in [-0.2, -0.15) is 0 Å². The van der Waals surface area contributed by atoms with E-state index >= 15 is 0 Å². The third-order valence-electron chi connectivity index (χ3n) is 5.18. The van der Waals surface area contributed by atoms with E-state index in [0.717, 1.165) is 32.1 Å². The van der Waals surface area contributed by atoms with Crippen LogP contribution >= 0.6 is 0 Å². The van der Waals surface area contributed by atoms with Crippen molar-refractivity contribution >= 4 is 17.5 Å². The summed E-state index contributed by atoms with van der Waals surface area (Å²) in [4.78, 5) is 26.7. The van der Waals surface area contributed by atoms with E-state index in [4.69, 9.17) is 0 Å². The lowest BCUT2D eigenvalue weighted by molar-refractivity contribution is -0.120. The van der Waals surface area contributed by atoms with Crippen molar-refractivity contribution in [2.45, 2.75) is 38.5 Å². The van der Waals surface area contributed by atoms with Crippen LogP contribution in [0.5, 0.6) is 0 Å². The fourth-order valence-electron chi connectivity index (χ4n) is 3.69. The van der Waals surface area contributed by atoms with E-state index in [1.54, 1.807) is 17.0 Å². The van der Waals surface area contributed by atoms with Crippen molar-refractivity contribution < 1.29 is 14.7 Å². The zero-order valence-corrected chi connectivity index (χ0v) is 14.0. The van der Waals surface area contributed by atoms with E-state index in [-0.39, 0.29) is 30.3 Å². The molecule has 5 nitrogen and oxygen atoms in total. The number of nitrogens with one attached hydrogen (secondary N) is 1. The second-order valence-electron chi connectivity index (χ2n) is 6.99. The van der Waals surface area contributed by atoms with Crippen LogP contribution in [0.2, 0.25) is 0 Å². The number of aliphatic hydroxyl groups excluding tert-OH is 1. The van der Waals surface area contributed by atoms with Gasteiger partial charge in [0, 0.05) is 42.8 Å². The molecule has 1 aliphatic carbocycles. The van der Waals surface area contributed by atoms with Crippen LogP contribution in [-0.2, 0) is 4.79 Å². The lowest BCUT2D eigenvalue weighted by atomic mass is 9.88. The molecule has 1 heterocycles. The number of rotatable bonds is 4. The number of anilines is 1. The van der Waals surface area contributed by atoms with Gasteiger partial charge in [-0.1, -0.05) is 25.3 Å². The highest BCUT2D eigenvalue weighted by Gasteiger charge is 2.27. The third-order valence-corrected chi connectivity index (χ3v) is 5.18. The minimum atomic E-state index is -0.0280. The maximum Gasteiger partial charge on any atom is 0.253 e. The summed E-state index contributed by atoms with van der Waals surface area (Å²) in [7, 11) is 0. The molecule has 1 aromatic rings. The number of likely N-dealkylation sites (tertiary alicyclic amines) is 1. The molecule has 130 valence electrons. The molecule has 1 aromatic carbocycles. The lowest BCUT2D eigenvalue weighted by Crippen LogP contribution is -2.29. The minimum absolute atomic E-state index is 0.0280. The number of carbonyl (C=O) groups is 2. The molecule has 1 atom stereocenters. The Hall–Kier alpha value is -1.88. The van der Waals surface area contributed by atoms with Crippen LogP contribution in [0.15, 0.2) is 24.3 Å². The second kappa shape index (κ2) is 7.79. The van der Waals surface area contributed by atoms with Gasteiger partial charge in [0.1, 0.15) is 0 Å². The molecule has 1 unspecified atom stereocenters. The Kier molecular flexibility index (Phi) is 5.51. The van der Waals surface area contributed by atoms with Gasteiger partial charge in [-0.25, -0.2) is 0 Å². The average Bonchev–Trinajstić information content (AvgIpc) is 3.11. The number of benzene rings is 1. The van der Waals surface area contributed by atoms with Gasteiger partial charge in [-0.05, 0) is 37.5 Å². The van der Waals surface area contributed by atoms with Crippen LogP contribution in [-0.4, -0.2) is 41.5 Å². The summed E-state index contributed by atoms with van der Waals surface area (Å²) < 4.78 is 0. The molecule has 0 radical (unpaired) electrons. The van der Waals surface area contributed by atoms with Gasteiger partial charge < -0.3 is 15.3 Å². The number of hydrogen-bond acceptors (Lipinski definition) is 3. The van der Waals surface area contributed by atoms with E-state index < -0.39 is 0 Å². The molecule has 2 N–H and O–H groups in total. The third kappa shape index (κ3) is 3.96. The molecule has 2 aliphatic rings. The Morgan fingerprint density at radius 1 is 1.17 bits per heavy atom. The number of hydrogen-bond donors (Lipinski definition) is 2. The van der Waals surface area contributed by atoms with Crippen LogP contribution < -0.4 is 5.32 Å². The molecule has 24 heavy (non-hydrogen) atoms. The molecule has 2 fully saturated rings. The lowest BCUT2D eigenvalue weighted by Gasteiger charge is -2.21. The zero-order valence-electron chi connectivity index (χ0n) is 14.0. The number of nitrogens with zero attached hydrogens (tertiary/aromatic N) is 1. The fraction of sp³-hybridized carbons (Fsp3) is 0.579. The molecule has 5 heteroatoms. The highest BCUT2D eigenvalue weighted by atomic mass is 16.3. The predicted octanol–water partition coefficient (Wildman–Crippen LogP) is 2.66. The van der Waals surface area contributed by atoms with Gasteiger partial charge in [0.05, 0.1) is 0 Å². The Balaban J connectivity index is 1.63. The molecule has 2 amide bonds. The van der Waals surface area contributed by atoms with Crippen LogP contribution in [0.4, 0.5) is 5.69 Å². The zero-order chi connectivity index (χ0) is 16.9. The molecular weight excluding hydrogens is 304 g/mol.